The van der Waals surface area contributed by atoms with E-state index >= 15 is 0 Å². The first kappa shape index (κ1) is 14.4. The summed E-state index contributed by atoms with van der Waals surface area (Å²) < 4.78 is 15.3. The molecule has 0 unspecified atom stereocenters. The first-order valence-electron chi connectivity index (χ1n) is 6.51. The fourth-order valence-corrected chi connectivity index (χ4v) is 2.49. The molecule has 1 aliphatic rings. The molecule has 2 aromatic rings. The van der Waals surface area contributed by atoms with Gasteiger partial charge in [-0.2, -0.15) is 0 Å². The van der Waals surface area contributed by atoms with Crippen LogP contribution >= 0.6 is 23.2 Å². The number of nitrogens with zero attached hydrogens (tertiary/aromatic N) is 2. The second-order valence-corrected chi connectivity index (χ2v) is 5.86. The van der Waals surface area contributed by atoms with Gasteiger partial charge in [-0.3, -0.25) is 10.1 Å². The number of halogens is 3. The number of hydrogen-bond acceptors (Lipinski definition) is 2. The van der Waals surface area contributed by atoms with Gasteiger partial charge in [-0.05, 0) is 30.9 Å². The summed E-state index contributed by atoms with van der Waals surface area (Å²) in [4.78, 5) is 16.3. The van der Waals surface area contributed by atoms with Crippen molar-refractivity contribution < 1.29 is 9.18 Å². The summed E-state index contributed by atoms with van der Waals surface area (Å²) in [6.45, 7) is 0.818. The Bertz CT molecular complexity index is 698. The molecular weight excluding hydrogens is 316 g/mol. The molecule has 1 aliphatic carbocycles. The lowest BCUT2D eigenvalue weighted by Gasteiger charge is -2.09. The zero-order chi connectivity index (χ0) is 15.0. The van der Waals surface area contributed by atoms with Crippen LogP contribution in [-0.4, -0.2) is 15.5 Å². The SMILES string of the molecule is O=C(Nc1nccn1CC1CC1)c1cc(F)c(Cl)cc1Cl. The molecule has 0 radical (unpaired) electrons. The predicted octanol–water partition coefficient (Wildman–Crippen LogP) is 3.99. The second-order valence-electron chi connectivity index (χ2n) is 5.05. The number of nitrogens with one attached hydrogen (secondary N) is 1. The number of imidazole rings is 1. The van der Waals surface area contributed by atoms with Crippen molar-refractivity contribution in [1.29, 1.82) is 0 Å². The van der Waals surface area contributed by atoms with Crippen LogP contribution in [0.4, 0.5) is 10.3 Å². The molecule has 1 N–H and O–H groups in total. The molecule has 0 atom stereocenters. The lowest BCUT2D eigenvalue weighted by atomic mass is 10.2. The van der Waals surface area contributed by atoms with E-state index in [0.29, 0.717) is 11.9 Å². The zero-order valence-corrected chi connectivity index (χ0v) is 12.5. The third-order valence-corrected chi connectivity index (χ3v) is 3.95. The third kappa shape index (κ3) is 3.19. The van der Waals surface area contributed by atoms with Gasteiger partial charge in [0.15, 0.2) is 0 Å². The average Bonchev–Trinajstić information content (AvgIpc) is 3.14. The number of carbonyl (C=O) groups is 1. The van der Waals surface area contributed by atoms with Gasteiger partial charge in [-0.15, -0.1) is 0 Å². The topological polar surface area (TPSA) is 46.9 Å². The Kier molecular flexibility index (Phi) is 3.87. The molecule has 0 aliphatic heterocycles. The molecule has 1 amide bonds. The van der Waals surface area contributed by atoms with Gasteiger partial charge in [-0.25, -0.2) is 9.37 Å². The monoisotopic (exact) mass is 327 g/mol. The molecule has 0 spiro atoms. The van der Waals surface area contributed by atoms with E-state index in [-0.39, 0.29) is 15.6 Å². The summed E-state index contributed by atoms with van der Waals surface area (Å²) in [7, 11) is 0. The molecule has 110 valence electrons. The van der Waals surface area contributed by atoms with Crippen molar-refractivity contribution in [2.75, 3.05) is 5.32 Å². The van der Waals surface area contributed by atoms with E-state index in [1.54, 1.807) is 12.4 Å². The number of anilines is 1. The second kappa shape index (κ2) is 5.66. The highest BCUT2D eigenvalue weighted by molar-refractivity contribution is 6.37. The van der Waals surface area contributed by atoms with Crippen LogP contribution in [-0.2, 0) is 6.54 Å². The molecule has 1 heterocycles. The summed E-state index contributed by atoms with van der Waals surface area (Å²) in [5.74, 6) is -0.129. The number of aromatic nitrogens is 2. The van der Waals surface area contributed by atoms with Crippen LogP contribution in [0, 0.1) is 11.7 Å². The van der Waals surface area contributed by atoms with Crippen molar-refractivity contribution in [3.63, 3.8) is 0 Å². The van der Waals surface area contributed by atoms with Crippen LogP contribution in [0.15, 0.2) is 24.5 Å². The van der Waals surface area contributed by atoms with Crippen molar-refractivity contribution in [1.82, 2.24) is 9.55 Å². The number of carbonyl (C=O) groups excluding carboxylic acids is 1. The first-order valence-corrected chi connectivity index (χ1v) is 7.27. The lowest BCUT2D eigenvalue weighted by Crippen LogP contribution is -2.17. The van der Waals surface area contributed by atoms with Crippen molar-refractivity contribution >= 4 is 35.1 Å². The fourth-order valence-electron chi connectivity index (χ4n) is 2.02. The van der Waals surface area contributed by atoms with Gasteiger partial charge >= 0.3 is 0 Å². The van der Waals surface area contributed by atoms with Crippen LogP contribution in [0.1, 0.15) is 23.2 Å². The molecule has 1 fully saturated rings. The van der Waals surface area contributed by atoms with E-state index in [9.17, 15) is 9.18 Å². The maximum atomic E-state index is 13.5. The van der Waals surface area contributed by atoms with Gasteiger partial charge < -0.3 is 4.57 Å². The Morgan fingerprint density at radius 3 is 2.86 bits per heavy atom. The standard InChI is InChI=1S/C14H12Cl2FN3O/c15-10-6-11(16)12(17)5-9(10)13(21)19-14-18-3-4-20(14)7-8-1-2-8/h3-6,8H,1-2,7H2,(H,18,19,21). The molecular formula is C14H12Cl2FN3O. The molecule has 1 aromatic carbocycles. The molecule has 0 saturated heterocycles. The summed E-state index contributed by atoms with van der Waals surface area (Å²) >= 11 is 11.5. The summed E-state index contributed by atoms with van der Waals surface area (Å²) in [5, 5.41) is 2.62. The molecule has 1 aromatic heterocycles. The zero-order valence-electron chi connectivity index (χ0n) is 10.9. The Labute approximate surface area is 130 Å². The van der Waals surface area contributed by atoms with Gasteiger partial charge in [0, 0.05) is 18.9 Å². The van der Waals surface area contributed by atoms with Crippen LogP contribution in [0.25, 0.3) is 0 Å². The van der Waals surface area contributed by atoms with E-state index in [1.807, 2.05) is 4.57 Å². The van der Waals surface area contributed by atoms with E-state index in [4.69, 9.17) is 23.2 Å². The van der Waals surface area contributed by atoms with E-state index < -0.39 is 11.7 Å². The summed E-state index contributed by atoms with van der Waals surface area (Å²) in [6, 6.07) is 2.23. The van der Waals surface area contributed by atoms with Crippen LogP contribution in [0.3, 0.4) is 0 Å². The molecule has 4 nitrogen and oxygen atoms in total. The first-order chi connectivity index (χ1) is 10.0. The van der Waals surface area contributed by atoms with Gasteiger partial charge in [0.1, 0.15) is 5.82 Å². The largest absolute Gasteiger partial charge is 0.317 e. The van der Waals surface area contributed by atoms with Crippen molar-refractivity contribution in [3.8, 4) is 0 Å². The minimum Gasteiger partial charge on any atom is -0.317 e. The van der Waals surface area contributed by atoms with Gasteiger partial charge in [-0.1, -0.05) is 23.2 Å². The molecule has 7 heteroatoms. The normalized spacial score (nSPS) is 14.2. The van der Waals surface area contributed by atoms with Crippen molar-refractivity contribution in [2.45, 2.75) is 19.4 Å². The Hall–Kier alpha value is -1.59. The third-order valence-electron chi connectivity index (χ3n) is 3.35. The molecule has 3 rings (SSSR count). The van der Waals surface area contributed by atoms with Crippen molar-refractivity contribution in [2.24, 2.45) is 5.92 Å². The minimum atomic E-state index is -0.687. The van der Waals surface area contributed by atoms with Gasteiger partial charge in [0.2, 0.25) is 5.95 Å². The summed E-state index contributed by atoms with van der Waals surface area (Å²) in [6.07, 6.45) is 5.81. The molecule has 21 heavy (non-hydrogen) atoms. The fraction of sp³-hybridized carbons (Fsp3) is 0.286. The predicted molar refractivity (Wildman–Crippen MR) is 79.3 cm³/mol. The average molecular weight is 328 g/mol. The highest BCUT2D eigenvalue weighted by atomic mass is 35.5. The number of rotatable bonds is 4. The summed E-state index contributed by atoms with van der Waals surface area (Å²) in [5.41, 5.74) is 0.0274. The van der Waals surface area contributed by atoms with Crippen LogP contribution in [0.2, 0.25) is 10.0 Å². The molecule has 0 bridgehead atoms. The van der Waals surface area contributed by atoms with Crippen LogP contribution in [0.5, 0.6) is 0 Å². The number of hydrogen-bond donors (Lipinski definition) is 1. The Morgan fingerprint density at radius 1 is 1.38 bits per heavy atom. The lowest BCUT2D eigenvalue weighted by molar-refractivity contribution is 0.102. The van der Waals surface area contributed by atoms with Crippen molar-refractivity contribution in [3.05, 3.63) is 46.0 Å². The van der Waals surface area contributed by atoms with E-state index in [2.05, 4.69) is 10.3 Å². The quantitative estimate of drug-likeness (QED) is 0.863. The molecule has 1 saturated carbocycles. The maximum absolute atomic E-state index is 13.5. The number of amides is 1. The van der Waals surface area contributed by atoms with Gasteiger partial charge in [0.05, 0.1) is 15.6 Å². The minimum absolute atomic E-state index is 0.0274. The van der Waals surface area contributed by atoms with Crippen LogP contribution < -0.4 is 5.32 Å². The Balaban J connectivity index is 1.80. The number of benzene rings is 1. The highest BCUT2D eigenvalue weighted by Gasteiger charge is 2.23. The Morgan fingerprint density at radius 2 is 2.14 bits per heavy atom. The maximum Gasteiger partial charge on any atom is 0.259 e. The van der Waals surface area contributed by atoms with E-state index in [0.717, 1.165) is 12.6 Å². The van der Waals surface area contributed by atoms with E-state index in [1.165, 1.54) is 18.9 Å². The van der Waals surface area contributed by atoms with Gasteiger partial charge in [0.25, 0.3) is 5.91 Å². The highest BCUT2D eigenvalue weighted by Crippen LogP contribution is 2.31. The smallest absolute Gasteiger partial charge is 0.259 e.